The van der Waals surface area contributed by atoms with Crippen LogP contribution in [0.1, 0.15) is 25.7 Å². The lowest BCUT2D eigenvalue weighted by Gasteiger charge is -1.96. The Bertz CT molecular complexity index is 98.4. The lowest BCUT2D eigenvalue weighted by atomic mass is 10.2. The van der Waals surface area contributed by atoms with Crippen molar-refractivity contribution in [1.29, 1.82) is 0 Å². The largest absolute Gasteiger partial charge is 0.390 e. The molecule has 7 heavy (non-hydrogen) atoms. The van der Waals surface area contributed by atoms with E-state index in [1.165, 1.54) is 12.8 Å². The van der Waals surface area contributed by atoms with Gasteiger partial charge in [0, 0.05) is 0 Å². The second-order valence-electron chi connectivity index (χ2n) is 2.90. The van der Waals surface area contributed by atoms with Crippen molar-refractivity contribution in [1.82, 2.24) is 0 Å². The maximum absolute atomic E-state index is 9.27. The summed E-state index contributed by atoms with van der Waals surface area (Å²) in [7, 11) is 0. The minimum absolute atomic E-state index is 0.139. The Kier molecular flexibility index (Phi) is 0.487. The van der Waals surface area contributed by atoms with Crippen molar-refractivity contribution in [3.8, 4) is 0 Å². The topological polar surface area (TPSA) is 20.2 Å². The predicted octanol–water partition coefficient (Wildman–Crippen LogP) is 0.921. The first kappa shape index (κ1) is 3.90. The molecular weight excluding hydrogens is 88.1 g/mol. The third-order valence-electron chi connectivity index (χ3n) is 2.36. The summed E-state index contributed by atoms with van der Waals surface area (Å²) in [5.41, 5.74) is -0.139. The molecule has 0 aromatic heterocycles. The normalized spacial score (nSPS) is 57.0. The third-order valence-corrected chi connectivity index (χ3v) is 2.36. The molecule has 0 amide bonds. The summed E-state index contributed by atoms with van der Waals surface area (Å²) in [6, 6.07) is 0. The van der Waals surface area contributed by atoms with Gasteiger partial charge >= 0.3 is 0 Å². The molecule has 0 saturated heterocycles. The molecule has 0 aromatic rings. The van der Waals surface area contributed by atoms with Crippen LogP contribution in [0.2, 0.25) is 0 Å². The van der Waals surface area contributed by atoms with E-state index in [1.807, 2.05) is 0 Å². The van der Waals surface area contributed by atoms with E-state index >= 15 is 0 Å². The summed E-state index contributed by atoms with van der Waals surface area (Å²) in [4.78, 5) is 0. The van der Waals surface area contributed by atoms with Crippen molar-refractivity contribution in [2.45, 2.75) is 31.3 Å². The van der Waals surface area contributed by atoms with Gasteiger partial charge in [0.05, 0.1) is 5.60 Å². The molecule has 2 aliphatic carbocycles. The molecule has 0 heterocycles. The first-order valence-corrected chi connectivity index (χ1v) is 3.04. The van der Waals surface area contributed by atoms with E-state index in [9.17, 15) is 5.11 Å². The van der Waals surface area contributed by atoms with Crippen molar-refractivity contribution in [2.75, 3.05) is 0 Å². The number of rotatable bonds is 0. The standard InChI is InChI=1S/C6H10O/c7-6-3-1-2-5(6)4-6/h5,7H,1-4H2/t5?,6-/m0/s1. The third kappa shape index (κ3) is 0.367. The second kappa shape index (κ2) is 0.873. The van der Waals surface area contributed by atoms with E-state index in [4.69, 9.17) is 0 Å². The van der Waals surface area contributed by atoms with Crippen LogP contribution < -0.4 is 0 Å². The molecule has 0 aromatic carbocycles. The van der Waals surface area contributed by atoms with Crippen molar-refractivity contribution in [3.05, 3.63) is 0 Å². The van der Waals surface area contributed by atoms with Gasteiger partial charge in [0.2, 0.25) is 0 Å². The van der Waals surface area contributed by atoms with E-state index in [0.717, 1.165) is 12.8 Å². The highest BCUT2D eigenvalue weighted by Crippen LogP contribution is 2.55. The average Bonchev–Trinajstić information content (AvgIpc) is 2.09. The van der Waals surface area contributed by atoms with E-state index in [0.29, 0.717) is 5.92 Å². The zero-order valence-electron chi connectivity index (χ0n) is 4.35. The Hall–Kier alpha value is -0.0400. The molecular formula is C6H10O. The summed E-state index contributed by atoms with van der Waals surface area (Å²) in [5.74, 6) is 0.715. The van der Waals surface area contributed by atoms with Crippen molar-refractivity contribution < 1.29 is 5.11 Å². The first-order chi connectivity index (χ1) is 3.31. The molecule has 1 nitrogen and oxygen atoms in total. The van der Waals surface area contributed by atoms with Crippen LogP contribution in [-0.4, -0.2) is 10.7 Å². The lowest BCUT2D eigenvalue weighted by molar-refractivity contribution is 0.142. The quantitative estimate of drug-likeness (QED) is 0.477. The van der Waals surface area contributed by atoms with Crippen LogP contribution in [0.25, 0.3) is 0 Å². The number of fused-ring (bicyclic) bond motifs is 1. The zero-order chi connectivity index (χ0) is 4.91. The molecule has 2 saturated carbocycles. The minimum atomic E-state index is -0.139. The van der Waals surface area contributed by atoms with E-state index < -0.39 is 0 Å². The van der Waals surface area contributed by atoms with Crippen LogP contribution in [0, 0.1) is 5.92 Å². The van der Waals surface area contributed by atoms with E-state index in [-0.39, 0.29) is 5.60 Å². The molecule has 2 atom stereocenters. The van der Waals surface area contributed by atoms with Gasteiger partial charge in [0.15, 0.2) is 0 Å². The van der Waals surface area contributed by atoms with Gasteiger partial charge in [0.1, 0.15) is 0 Å². The van der Waals surface area contributed by atoms with Crippen LogP contribution in [0.15, 0.2) is 0 Å². The minimum Gasteiger partial charge on any atom is -0.390 e. The summed E-state index contributed by atoms with van der Waals surface area (Å²) >= 11 is 0. The smallest absolute Gasteiger partial charge is 0.0680 e. The molecule has 1 unspecified atom stereocenters. The van der Waals surface area contributed by atoms with Crippen LogP contribution in [0.4, 0.5) is 0 Å². The maximum Gasteiger partial charge on any atom is 0.0680 e. The van der Waals surface area contributed by atoms with E-state index in [2.05, 4.69) is 0 Å². The molecule has 0 radical (unpaired) electrons. The Balaban J connectivity index is 2.17. The van der Waals surface area contributed by atoms with Crippen LogP contribution in [-0.2, 0) is 0 Å². The molecule has 40 valence electrons. The van der Waals surface area contributed by atoms with Gasteiger partial charge in [-0.1, -0.05) is 6.42 Å². The summed E-state index contributed by atoms with van der Waals surface area (Å²) < 4.78 is 0. The van der Waals surface area contributed by atoms with Gasteiger partial charge in [-0.15, -0.1) is 0 Å². The number of aliphatic hydroxyl groups is 1. The Morgan fingerprint density at radius 1 is 1.57 bits per heavy atom. The molecule has 0 aliphatic heterocycles. The first-order valence-electron chi connectivity index (χ1n) is 3.04. The molecule has 0 spiro atoms. The van der Waals surface area contributed by atoms with Gasteiger partial charge in [-0.05, 0) is 25.2 Å². The van der Waals surface area contributed by atoms with Gasteiger partial charge in [-0.25, -0.2) is 0 Å². The number of hydrogen-bond donors (Lipinski definition) is 1. The highest BCUT2D eigenvalue weighted by atomic mass is 16.3. The summed E-state index contributed by atoms with van der Waals surface area (Å²) in [6.45, 7) is 0. The van der Waals surface area contributed by atoms with E-state index in [1.54, 1.807) is 0 Å². The Labute approximate surface area is 43.3 Å². The highest BCUT2D eigenvalue weighted by molar-refractivity contribution is 5.07. The predicted molar refractivity (Wildman–Crippen MR) is 26.9 cm³/mol. The van der Waals surface area contributed by atoms with Crippen LogP contribution in [0.5, 0.6) is 0 Å². The SMILES string of the molecule is O[C@]12CCCC1C2. The Morgan fingerprint density at radius 3 is 2.57 bits per heavy atom. The molecule has 0 bridgehead atoms. The van der Waals surface area contributed by atoms with Crippen LogP contribution in [0.3, 0.4) is 0 Å². The fourth-order valence-corrected chi connectivity index (χ4v) is 1.70. The lowest BCUT2D eigenvalue weighted by Crippen LogP contribution is -2.02. The highest BCUT2D eigenvalue weighted by Gasteiger charge is 2.55. The van der Waals surface area contributed by atoms with Crippen molar-refractivity contribution in [2.24, 2.45) is 5.92 Å². The van der Waals surface area contributed by atoms with Gasteiger partial charge < -0.3 is 5.11 Å². The zero-order valence-corrected chi connectivity index (χ0v) is 4.35. The fourth-order valence-electron chi connectivity index (χ4n) is 1.70. The molecule has 2 fully saturated rings. The maximum atomic E-state index is 9.27. The summed E-state index contributed by atoms with van der Waals surface area (Å²) in [5, 5.41) is 9.27. The Morgan fingerprint density at radius 2 is 2.43 bits per heavy atom. The number of hydrogen-bond acceptors (Lipinski definition) is 1. The monoisotopic (exact) mass is 98.1 g/mol. The molecule has 2 rings (SSSR count). The summed E-state index contributed by atoms with van der Waals surface area (Å²) in [6.07, 6.45) is 4.74. The second-order valence-corrected chi connectivity index (χ2v) is 2.90. The van der Waals surface area contributed by atoms with Gasteiger partial charge in [-0.3, -0.25) is 0 Å². The molecule has 2 aliphatic rings. The molecule has 1 heteroatoms. The van der Waals surface area contributed by atoms with Crippen molar-refractivity contribution in [3.63, 3.8) is 0 Å². The fraction of sp³-hybridized carbons (Fsp3) is 1.00. The average molecular weight is 98.1 g/mol. The van der Waals surface area contributed by atoms with Gasteiger partial charge in [0.25, 0.3) is 0 Å². The molecule has 1 N–H and O–H groups in total. The van der Waals surface area contributed by atoms with Gasteiger partial charge in [-0.2, -0.15) is 0 Å². The van der Waals surface area contributed by atoms with Crippen molar-refractivity contribution >= 4 is 0 Å². The van der Waals surface area contributed by atoms with Crippen LogP contribution >= 0.6 is 0 Å².